The SMILES string of the molecule is Cl.O=C1CCCc2c1[nH]c1cc(NC(=O)[C@H]3CC[C@H]4OCCN[C@@H]4C3)ccc21. The molecule has 2 aliphatic carbocycles. The second-order valence-corrected chi connectivity index (χ2v) is 7.98. The van der Waals surface area contributed by atoms with Crippen molar-refractivity contribution in [1.29, 1.82) is 0 Å². The van der Waals surface area contributed by atoms with E-state index >= 15 is 0 Å². The van der Waals surface area contributed by atoms with Crippen molar-refractivity contribution in [3.63, 3.8) is 0 Å². The maximum Gasteiger partial charge on any atom is 0.227 e. The molecule has 150 valence electrons. The summed E-state index contributed by atoms with van der Waals surface area (Å²) in [5.41, 5.74) is 3.59. The van der Waals surface area contributed by atoms with E-state index in [2.05, 4.69) is 15.6 Å². The molecular formula is C21H26ClN3O3. The van der Waals surface area contributed by atoms with Crippen LogP contribution in [0.25, 0.3) is 10.9 Å². The summed E-state index contributed by atoms with van der Waals surface area (Å²) in [6.45, 7) is 1.63. The number of fused-ring (bicyclic) bond motifs is 4. The number of Topliss-reactive ketones (excluding diaryl/α,β-unsaturated/α-hetero) is 1. The second kappa shape index (κ2) is 7.85. The highest BCUT2D eigenvalue weighted by Gasteiger charge is 2.35. The van der Waals surface area contributed by atoms with Crippen LogP contribution in [-0.4, -0.2) is 42.0 Å². The molecule has 1 saturated heterocycles. The van der Waals surface area contributed by atoms with Crippen LogP contribution in [0.4, 0.5) is 5.69 Å². The number of carbonyl (C=O) groups is 2. The minimum absolute atomic E-state index is 0. The zero-order valence-electron chi connectivity index (χ0n) is 15.8. The first-order valence-corrected chi connectivity index (χ1v) is 10.0. The van der Waals surface area contributed by atoms with E-state index in [0.29, 0.717) is 6.42 Å². The number of aromatic amines is 1. The number of nitrogens with one attached hydrogen (secondary N) is 3. The highest BCUT2D eigenvalue weighted by atomic mass is 35.5. The van der Waals surface area contributed by atoms with Gasteiger partial charge in [0.15, 0.2) is 5.78 Å². The Balaban J connectivity index is 0.00000192. The minimum Gasteiger partial charge on any atom is -0.375 e. The summed E-state index contributed by atoms with van der Waals surface area (Å²) in [6, 6.07) is 6.20. The van der Waals surface area contributed by atoms with Gasteiger partial charge in [0.25, 0.3) is 0 Å². The Morgan fingerprint density at radius 3 is 3.00 bits per heavy atom. The van der Waals surface area contributed by atoms with Crippen LogP contribution in [0.2, 0.25) is 0 Å². The van der Waals surface area contributed by atoms with Crippen molar-refractivity contribution in [2.24, 2.45) is 5.92 Å². The van der Waals surface area contributed by atoms with Crippen LogP contribution in [0.3, 0.4) is 0 Å². The third-order valence-corrected chi connectivity index (χ3v) is 6.28. The van der Waals surface area contributed by atoms with Crippen molar-refractivity contribution in [2.75, 3.05) is 18.5 Å². The first kappa shape index (κ1) is 19.4. The smallest absolute Gasteiger partial charge is 0.227 e. The summed E-state index contributed by atoms with van der Waals surface area (Å²) in [7, 11) is 0. The minimum atomic E-state index is 0. The van der Waals surface area contributed by atoms with E-state index in [0.717, 1.165) is 73.1 Å². The lowest BCUT2D eigenvalue weighted by atomic mass is 9.82. The molecule has 7 heteroatoms. The number of rotatable bonds is 2. The molecule has 2 fully saturated rings. The van der Waals surface area contributed by atoms with Gasteiger partial charge < -0.3 is 20.4 Å². The number of H-pyrrole nitrogens is 1. The van der Waals surface area contributed by atoms with Gasteiger partial charge in [0.1, 0.15) is 0 Å². The first-order valence-electron chi connectivity index (χ1n) is 10.0. The molecule has 2 heterocycles. The third-order valence-electron chi connectivity index (χ3n) is 6.28. The van der Waals surface area contributed by atoms with Gasteiger partial charge in [0.05, 0.1) is 18.4 Å². The number of aromatic nitrogens is 1. The van der Waals surface area contributed by atoms with Crippen LogP contribution < -0.4 is 10.6 Å². The summed E-state index contributed by atoms with van der Waals surface area (Å²) >= 11 is 0. The van der Waals surface area contributed by atoms with Gasteiger partial charge in [-0.05, 0) is 49.8 Å². The Bertz CT molecular complexity index is 910. The lowest BCUT2D eigenvalue weighted by Crippen LogP contribution is -2.52. The molecule has 1 aromatic heterocycles. The molecule has 28 heavy (non-hydrogen) atoms. The molecule has 0 bridgehead atoms. The lowest BCUT2D eigenvalue weighted by molar-refractivity contribution is -0.123. The number of hydrogen-bond donors (Lipinski definition) is 3. The van der Waals surface area contributed by atoms with Crippen molar-refractivity contribution in [1.82, 2.24) is 10.3 Å². The van der Waals surface area contributed by atoms with Gasteiger partial charge in [-0.3, -0.25) is 9.59 Å². The summed E-state index contributed by atoms with van der Waals surface area (Å²) in [4.78, 5) is 28.2. The number of aryl methyl sites for hydroxylation is 1. The average Bonchev–Trinajstić information content (AvgIpc) is 3.07. The highest BCUT2D eigenvalue weighted by Crippen LogP contribution is 2.32. The van der Waals surface area contributed by atoms with Gasteiger partial charge in [0, 0.05) is 41.5 Å². The topological polar surface area (TPSA) is 83.2 Å². The van der Waals surface area contributed by atoms with E-state index in [4.69, 9.17) is 4.74 Å². The number of amides is 1. The molecule has 2 aromatic rings. The normalized spacial score (nSPS) is 26.9. The third kappa shape index (κ3) is 3.45. The van der Waals surface area contributed by atoms with Crippen molar-refractivity contribution in [2.45, 2.75) is 50.7 Å². The van der Waals surface area contributed by atoms with E-state index in [9.17, 15) is 9.59 Å². The van der Waals surface area contributed by atoms with Crippen LogP contribution in [0.15, 0.2) is 18.2 Å². The van der Waals surface area contributed by atoms with Crippen LogP contribution in [0, 0.1) is 5.92 Å². The Kier molecular flexibility index (Phi) is 5.45. The molecule has 3 aliphatic rings. The fourth-order valence-corrected chi connectivity index (χ4v) is 4.88. The van der Waals surface area contributed by atoms with Gasteiger partial charge in [-0.25, -0.2) is 0 Å². The van der Waals surface area contributed by atoms with E-state index < -0.39 is 0 Å². The summed E-state index contributed by atoms with van der Waals surface area (Å²) in [5.74, 6) is 0.277. The Hall–Kier alpha value is -1.89. The van der Waals surface area contributed by atoms with Gasteiger partial charge in [-0.15, -0.1) is 12.4 Å². The fraction of sp³-hybridized carbons (Fsp3) is 0.524. The number of benzene rings is 1. The van der Waals surface area contributed by atoms with Crippen LogP contribution in [0.1, 0.15) is 48.2 Å². The molecular weight excluding hydrogens is 378 g/mol. The van der Waals surface area contributed by atoms with Crippen molar-refractivity contribution < 1.29 is 14.3 Å². The Labute approximate surface area is 170 Å². The maximum atomic E-state index is 12.8. The lowest BCUT2D eigenvalue weighted by Gasteiger charge is -2.39. The van der Waals surface area contributed by atoms with Gasteiger partial charge in [-0.2, -0.15) is 0 Å². The number of hydrogen-bond acceptors (Lipinski definition) is 4. The van der Waals surface area contributed by atoms with Crippen LogP contribution in [0.5, 0.6) is 0 Å². The summed E-state index contributed by atoms with van der Waals surface area (Å²) in [6.07, 6.45) is 5.34. The van der Waals surface area contributed by atoms with Crippen molar-refractivity contribution in [3.8, 4) is 0 Å². The molecule has 3 atom stereocenters. The van der Waals surface area contributed by atoms with Crippen LogP contribution in [-0.2, 0) is 16.0 Å². The van der Waals surface area contributed by atoms with E-state index in [1.165, 1.54) is 0 Å². The molecule has 1 amide bonds. The number of ether oxygens (including phenoxy) is 1. The predicted molar refractivity (Wildman–Crippen MR) is 110 cm³/mol. The standard InChI is InChI=1S/C21H25N3O3.ClH/c25-18-3-1-2-15-14-6-5-13(11-16(14)24-20(15)18)23-21(26)12-4-7-19-17(10-12)22-8-9-27-19;/h5-6,11-12,17,19,22,24H,1-4,7-10H2,(H,23,26);1H/t12-,17+,19+;/m0./s1. The molecule has 0 radical (unpaired) electrons. The average molecular weight is 404 g/mol. The Morgan fingerprint density at radius 1 is 1.21 bits per heavy atom. The zero-order chi connectivity index (χ0) is 18.4. The summed E-state index contributed by atoms with van der Waals surface area (Å²) in [5, 5.41) is 7.66. The quantitative estimate of drug-likeness (QED) is 0.719. The first-order chi connectivity index (χ1) is 13.2. The second-order valence-electron chi connectivity index (χ2n) is 7.98. The Morgan fingerprint density at radius 2 is 2.11 bits per heavy atom. The fourth-order valence-electron chi connectivity index (χ4n) is 4.88. The van der Waals surface area contributed by atoms with Crippen molar-refractivity contribution >= 4 is 40.7 Å². The number of ketones is 1. The van der Waals surface area contributed by atoms with Crippen molar-refractivity contribution in [3.05, 3.63) is 29.5 Å². The highest BCUT2D eigenvalue weighted by molar-refractivity contribution is 6.04. The molecule has 1 aliphatic heterocycles. The number of morpholine rings is 1. The van der Waals surface area contributed by atoms with Crippen LogP contribution >= 0.6 is 12.4 Å². The largest absolute Gasteiger partial charge is 0.375 e. The van der Waals surface area contributed by atoms with Gasteiger partial charge >= 0.3 is 0 Å². The van der Waals surface area contributed by atoms with Gasteiger partial charge in [-0.1, -0.05) is 6.07 Å². The molecule has 3 N–H and O–H groups in total. The maximum absolute atomic E-state index is 12.8. The zero-order valence-corrected chi connectivity index (χ0v) is 16.6. The number of anilines is 1. The molecule has 0 unspecified atom stereocenters. The van der Waals surface area contributed by atoms with E-state index in [1.54, 1.807) is 0 Å². The number of halogens is 1. The van der Waals surface area contributed by atoms with E-state index in [-0.39, 0.29) is 42.2 Å². The van der Waals surface area contributed by atoms with Gasteiger partial charge in [0.2, 0.25) is 5.91 Å². The molecule has 5 rings (SSSR count). The molecule has 6 nitrogen and oxygen atoms in total. The monoisotopic (exact) mass is 403 g/mol. The molecule has 1 aromatic carbocycles. The summed E-state index contributed by atoms with van der Waals surface area (Å²) < 4.78 is 5.80. The molecule has 1 saturated carbocycles. The molecule has 0 spiro atoms. The number of carbonyl (C=O) groups excluding carboxylic acids is 2. The van der Waals surface area contributed by atoms with E-state index in [1.807, 2.05) is 18.2 Å². The predicted octanol–water partition coefficient (Wildman–Crippen LogP) is 3.20.